The zero-order valence-electron chi connectivity index (χ0n) is 11.0. The fourth-order valence-electron chi connectivity index (χ4n) is 2.35. The molecule has 0 aromatic heterocycles. The number of ether oxygens (including phenoxy) is 1. The molecule has 1 aromatic carbocycles. The molecular weight excluding hydrogens is 260 g/mol. The van der Waals surface area contributed by atoms with Gasteiger partial charge in [0.2, 0.25) is 0 Å². The Morgan fingerprint density at radius 3 is 2.63 bits per heavy atom. The molecule has 1 atom stereocenters. The number of benzene rings is 1. The molecule has 1 aliphatic heterocycles. The molecule has 0 aliphatic carbocycles. The fraction of sp³-hybridized carbons (Fsp3) is 0.429. The van der Waals surface area contributed by atoms with E-state index in [1.165, 1.54) is 0 Å². The van der Waals surface area contributed by atoms with Crippen LogP contribution in [0.4, 0.5) is 0 Å². The normalized spacial score (nSPS) is 18.6. The van der Waals surface area contributed by atoms with E-state index in [9.17, 15) is 4.79 Å². The van der Waals surface area contributed by atoms with E-state index in [1.807, 2.05) is 4.90 Å². The van der Waals surface area contributed by atoms with E-state index in [-0.39, 0.29) is 5.91 Å². The van der Waals surface area contributed by atoms with Crippen LogP contribution < -0.4 is 5.73 Å². The van der Waals surface area contributed by atoms with Gasteiger partial charge in [-0.1, -0.05) is 24.4 Å². The van der Waals surface area contributed by atoms with Crippen LogP contribution in [0.2, 0.25) is 0 Å². The molecule has 0 spiro atoms. The smallest absolute Gasteiger partial charge is 0.253 e. The zero-order valence-corrected chi connectivity index (χ0v) is 11.8. The molecule has 0 radical (unpaired) electrons. The van der Waals surface area contributed by atoms with Crippen LogP contribution >= 0.6 is 12.2 Å². The van der Waals surface area contributed by atoms with Crippen molar-refractivity contribution in [2.24, 2.45) is 11.7 Å². The molecule has 1 aromatic rings. The van der Waals surface area contributed by atoms with Gasteiger partial charge in [-0.05, 0) is 18.6 Å². The largest absolute Gasteiger partial charge is 0.389 e. The lowest BCUT2D eigenvalue weighted by Crippen LogP contribution is -2.29. The minimum atomic E-state index is 0.0630. The van der Waals surface area contributed by atoms with Crippen LogP contribution in [0.1, 0.15) is 22.3 Å². The van der Waals surface area contributed by atoms with Crippen molar-refractivity contribution in [1.82, 2.24) is 4.90 Å². The van der Waals surface area contributed by atoms with Gasteiger partial charge in [-0.3, -0.25) is 4.79 Å². The van der Waals surface area contributed by atoms with Gasteiger partial charge in [-0.15, -0.1) is 0 Å². The van der Waals surface area contributed by atoms with E-state index >= 15 is 0 Å². The molecule has 5 heteroatoms. The van der Waals surface area contributed by atoms with E-state index in [0.29, 0.717) is 23.1 Å². The lowest BCUT2D eigenvalue weighted by molar-refractivity contribution is 0.0775. The standard InChI is InChI=1S/C14H18N2O2S/c1-18-9-10-6-7-16(8-10)14(17)12-4-2-11(3-5-12)13(15)19/h2-5,10H,6-9H2,1H3,(H2,15,19). The van der Waals surface area contributed by atoms with Crippen molar-refractivity contribution >= 4 is 23.1 Å². The highest BCUT2D eigenvalue weighted by atomic mass is 32.1. The van der Waals surface area contributed by atoms with Gasteiger partial charge < -0.3 is 15.4 Å². The van der Waals surface area contributed by atoms with Crippen molar-refractivity contribution in [1.29, 1.82) is 0 Å². The van der Waals surface area contributed by atoms with Crippen molar-refractivity contribution in [3.8, 4) is 0 Å². The highest BCUT2D eigenvalue weighted by molar-refractivity contribution is 7.80. The number of thiocarbonyl (C=S) groups is 1. The lowest BCUT2D eigenvalue weighted by Gasteiger charge is -2.16. The third kappa shape index (κ3) is 3.30. The van der Waals surface area contributed by atoms with Crippen molar-refractivity contribution < 1.29 is 9.53 Å². The summed E-state index contributed by atoms with van der Waals surface area (Å²) in [6.07, 6.45) is 1.00. The predicted molar refractivity (Wildman–Crippen MR) is 78.2 cm³/mol. The van der Waals surface area contributed by atoms with Crippen molar-refractivity contribution in [2.75, 3.05) is 26.8 Å². The molecule has 19 heavy (non-hydrogen) atoms. The van der Waals surface area contributed by atoms with Gasteiger partial charge in [-0.2, -0.15) is 0 Å². The molecule has 102 valence electrons. The van der Waals surface area contributed by atoms with Crippen LogP contribution in [0.25, 0.3) is 0 Å². The first-order chi connectivity index (χ1) is 9.11. The van der Waals surface area contributed by atoms with Gasteiger partial charge in [0.05, 0.1) is 6.61 Å². The summed E-state index contributed by atoms with van der Waals surface area (Å²) >= 11 is 4.89. The average Bonchev–Trinajstić information content (AvgIpc) is 2.87. The van der Waals surface area contributed by atoms with Crippen LogP contribution in [0, 0.1) is 5.92 Å². The minimum absolute atomic E-state index is 0.0630. The molecule has 1 aliphatic rings. The summed E-state index contributed by atoms with van der Waals surface area (Å²) in [6, 6.07) is 7.14. The summed E-state index contributed by atoms with van der Waals surface area (Å²) < 4.78 is 5.14. The number of likely N-dealkylation sites (tertiary alicyclic amines) is 1. The van der Waals surface area contributed by atoms with Crippen molar-refractivity contribution in [3.05, 3.63) is 35.4 Å². The first kappa shape index (κ1) is 14.0. The lowest BCUT2D eigenvalue weighted by atomic mass is 10.1. The second-order valence-corrected chi connectivity index (χ2v) is 5.24. The first-order valence-electron chi connectivity index (χ1n) is 6.30. The van der Waals surface area contributed by atoms with E-state index in [1.54, 1.807) is 31.4 Å². The summed E-state index contributed by atoms with van der Waals surface area (Å²) in [5, 5.41) is 0. The Kier molecular flexibility index (Phi) is 4.50. The number of nitrogens with zero attached hydrogens (tertiary/aromatic N) is 1. The van der Waals surface area contributed by atoms with Crippen LogP contribution in [0.3, 0.4) is 0 Å². The Bertz CT molecular complexity index is 473. The third-order valence-corrected chi connectivity index (χ3v) is 3.63. The van der Waals surface area contributed by atoms with E-state index in [4.69, 9.17) is 22.7 Å². The second-order valence-electron chi connectivity index (χ2n) is 4.80. The molecular formula is C14H18N2O2S. The van der Waals surface area contributed by atoms with Crippen LogP contribution in [-0.2, 0) is 4.74 Å². The molecule has 1 amide bonds. The van der Waals surface area contributed by atoms with Crippen molar-refractivity contribution in [2.45, 2.75) is 6.42 Å². The maximum atomic E-state index is 12.3. The topological polar surface area (TPSA) is 55.6 Å². The summed E-state index contributed by atoms with van der Waals surface area (Å²) in [6.45, 7) is 2.28. The Hall–Kier alpha value is -1.46. The number of hydrogen-bond donors (Lipinski definition) is 1. The summed E-state index contributed by atoms with van der Waals surface area (Å²) in [7, 11) is 1.69. The monoisotopic (exact) mass is 278 g/mol. The maximum absolute atomic E-state index is 12.3. The first-order valence-corrected chi connectivity index (χ1v) is 6.70. The number of nitrogens with two attached hydrogens (primary N) is 1. The Morgan fingerprint density at radius 2 is 2.05 bits per heavy atom. The average molecular weight is 278 g/mol. The number of amides is 1. The van der Waals surface area contributed by atoms with E-state index < -0.39 is 0 Å². The van der Waals surface area contributed by atoms with Gasteiger partial charge >= 0.3 is 0 Å². The highest BCUT2D eigenvalue weighted by Crippen LogP contribution is 2.19. The summed E-state index contributed by atoms with van der Waals surface area (Å²) in [5.74, 6) is 0.512. The fourth-order valence-corrected chi connectivity index (χ4v) is 2.48. The molecule has 2 rings (SSSR count). The van der Waals surface area contributed by atoms with Crippen molar-refractivity contribution in [3.63, 3.8) is 0 Å². The van der Waals surface area contributed by atoms with Crippen LogP contribution in [0.15, 0.2) is 24.3 Å². The molecule has 1 fully saturated rings. The highest BCUT2D eigenvalue weighted by Gasteiger charge is 2.26. The number of rotatable bonds is 4. The third-order valence-electron chi connectivity index (χ3n) is 3.39. The number of carbonyl (C=O) groups excluding carboxylic acids is 1. The molecule has 4 nitrogen and oxygen atoms in total. The Balaban J connectivity index is 2.02. The number of carbonyl (C=O) groups is 1. The molecule has 1 saturated heterocycles. The Labute approximate surface area is 118 Å². The summed E-state index contributed by atoms with van der Waals surface area (Å²) in [4.78, 5) is 14.5. The molecule has 2 N–H and O–H groups in total. The van der Waals surface area contributed by atoms with Gasteiger partial charge in [0.15, 0.2) is 0 Å². The van der Waals surface area contributed by atoms with Crippen LogP contribution in [0.5, 0.6) is 0 Å². The molecule has 0 saturated carbocycles. The second kappa shape index (κ2) is 6.12. The Morgan fingerprint density at radius 1 is 1.42 bits per heavy atom. The quantitative estimate of drug-likeness (QED) is 0.847. The van der Waals surface area contributed by atoms with Gasteiger partial charge in [0.25, 0.3) is 5.91 Å². The molecule has 1 heterocycles. The predicted octanol–water partition coefficient (Wildman–Crippen LogP) is 1.43. The molecule has 1 unspecified atom stereocenters. The SMILES string of the molecule is COCC1CCN(C(=O)c2ccc(C(N)=S)cc2)C1. The minimum Gasteiger partial charge on any atom is -0.389 e. The van der Waals surface area contributed by atoms with E-state index in [2.05, 4.69) is 0 Å². The zero-order chi connectivity index (χ0) is 13.8. The molecule has 0 bridgehead atoms. The summed E-state index contributed by atoms with van der Waals surface area (Å²) in [5.41, 5.74) is 7.00. The van der Waals surface area contributed by atoms with Gasteiger partial charge in [0.1, 0.15) is 4.99 Å². The maximum Gasteiger partial charge on any atom is 0.253 e. The number of methoxy groups -OCH3 is 1. The van der Waals surface area contributed by atoms with Gasteiger partial charge in [-0.25, -0.2) is 0 Å². The van der Waals surface area contributed by atoms with Gasteiger partial charge in [0, 0.05) is 37.2 Å². The number of hydrogen-bond acceptors (Lipinski definition) is 3. The van der Waals surface area contributed by atoms with E-state index in [0.717, 1.165) is 25.1 Å². The van der Waals surface area contributed by atoms with Crippen LogP contribution in [-0.4, -0.2) is 42.6 Å².